The molecule has 0 amide bonds. The van der Waals surface area contributed by atoms with Gasteiger partial charge in [0.25, 0.3) is 5.70 Å². The van der Waals surface area contributed by atoms with Crippen LogP contribution < -0.4 is 4.74 Å². The van der Waals surface area contributed by atoms with Gasteiger partial charge in [0, 0.05) is 17.2 Å². The molecule has 3 rings (SSSR count). The van der Waals surface area contributed by atoms with E-state index in [4.69, 9.17) is 4.74 Å². The summed E-state index contributed by atoms with van der Waals surface area (Å²) in [6.45, 7) is 0. The monoisotopic (exact) mass is 271 g/mol. The van der Waals surface area contributed by atoms with Crippen molar-refractivity contribution in [2.24, 2.45) is 0 Å². The van der Waals surface area contributed by atoms with Crippen LogP contribution in [0.1, 0.15) is 17.2 Å². The lowest BCUT2D eigenvalue weighted by Crippen LogP contribution is -2.19. The van der Waals surface area contributed by atoms with Crippen molar-refractivity contribution >= 4 is 6.08 Å². The van der Waals surface area contributed by atoms with Gasteiger partial charge in [-0.15, -0.1) is 0 Å². The maximum atomic E-state index is 13.2. The molecule has 1 aliphatic heterocycles. The Hall–Kier alpha value is -2.69. The van der Waals surface area contributed by atoms with Gasteiger partial charge < -0.3 is 4.74 Å². The molecule has 1 heterocycles. The third kappa shape index (κ3) is 2.14. The zero-order valence-corrected chi connectivity index (χ0v) is 10.3. The number of nitrogens with zero attached hydrogens (tertiary/aromatic N) is 1. The van der Waals surface area contributed by atoms with Crippen molar-refractivity contribution in [1.29, 1.82) is 0 Å². The van der Waals surface area contributed by atoms with Gasteiger partial charge in [0.15, 0.2) is 0 Å². The Balaban J connectivity index is 2.10. The number of hydrogen-bond donors (Lipinski definition) is 0. The first kappa shape index (κ1) is 12.3. The van der Waals surface area contributed by atoms with Gasteiger partial charge in [0.1, 0.15) is 11.6 Å². The Morgan fingerprint density at radius 1 is 1.15 bits per heavy atom. The van der Waals surface area contributed by atoms with Crippen molar-refractivity contribution in [1.82, 2.24) is 0 Å². The van der Waals surface area contributed by atoms with Gasteiger partial charge in [-0.3, -0.25) is 10.1 Å². The van der Waals surface area contributed by atoms with Crippen molar-refractivity contribution in [3.05, 3.63) is 81.3 Å². The number of fused-ring (bicyclic) bond motifs is 1. The van der Waals surface area contributed by atoms with Crippen LogP contribution in [0.4, 0.5) is 4.39 Å². The van der Waals surface area contributed by atoms with Crippen LogP contribution in [0.3, 0.4) is 0 Å². The summed E-state index contributed by atoms with van der Waals surface area (Å²) in [6.07, 6.45) is 0.573. The molecular formula is C15H10FNO3. The average Bonchev–Trinajstić information content (AvgIpc) is 2.46. The van der Waals surface area contributed by atoms with E-state index in [1.807, 2.05) is 6.07 Å². The molecule has 0 aromatic heterocycles. The van der Waals surface area contributed by atoms with Gasteiger partial charge in [-0.1, -0.05) is 30.3 Å². The molecule has 0 radical (unpaired) electrons. The van der Waals surface area contributed by atoms with E-state index < -0.39 is 16.8 Å². The lowest BCUT2D eigenvalue weighted by molar-refractivity contribution is -0.434. The molecule has 0 bridgehead atoms. The second kappa shape index (κ2) is 4.77. The third-order valence-electron chi connectivity index (χ3n) is 3.10. The maximum Gasteiger partial charge on any atom is 0.291 e. The highest BCUT2D eigenvalue weighted by atomic mass is 19.1. The minimum atomic E-state index is -0.788. The number of nitro groups is 1. The number of hydrogen-bond acceptors (Lipinski definition) is 3. The first-order valence-corrected chi connectivity index (χ1v) is 6.02. The highest BCUT2D eigenvalue weighted by Crippen LogP contribution is 2.37. The molecule has 4 nitrogen and oxygen atoms in total. The van der Waals surface area contributed by atoms with Gasteiger partial charge in [-0.2, -0.15) is 0 Å². The van der Waals surface area contributed by atoms with E-state index in [9.17, 15) is 14.5 Å². The molecule has 0 aliphatic carbocycles. The molecule has 0 fully saturated rings. The van der Waals surface area contributed by atoms with Crippen molar-refractivity contribution < 1.29 is 14.1 Å². The van der Waals surface area contributed by atoms with Gasteiger partial charge in [-0.05, 0) is 18.2 Å². The van der Waals surface area contributed by atoms with E-state index in [-0.39, 0.29) is 5.70 Å². The Morgan fingerprint density at radius 2 is 1.90 bits per heavy atom. The summed E-state index contributed by atoms with van der Waals surface area (Å²) in [5.74, 6) is -0.0182. The Bertz CT molecular complexity index is 698. The van der Waals surface area contributed by atoms with E-state index in [0.717, 1.165) is 0 Å². The normalized spacial score (nSPS) is 16.9. The molecule has 20 heavy (non-hydrogen) atoms. The van der Waals surface area contributed by atoms with Crippen LogP contribution in [-0.2, 0) is 0 Å². The fourth-order valence-corrected chi connectivity index (χ4v) is 2.18. The smallest absolute Gasteiger partial charge is 0.291 e. The number of ether oxygens (including phenoxy) is 1. The molecule has 0 saturated carbocycles. The van der Waals surface area contributed by atoms with Crippen LogP contribution in [0.15, 0.2) is 54.2 Å². The molecule has 0 spiro atoms. The molecule has 0 saturated heterocycles. The van der Waals surface area contributed by atoms with Crippen molar-refractivity contribution in [3.63, 3.8) is 0 Å². The van der Waals surface area contributed by atoms with Crippen LogP contribution in [0.25, 0.3) is 6.08 Å². The molecule has 0 N–H and O–H groups in total. The molecule has 100 valence electrons. The summed E-state index contributed by atoms with van der Waals surface area (Å²) in [7, 11) is 0. The molecule has 2 aromatic carbocycles. The zero-order chi connectivity index (χ0) is 14.1. The van der Waals surface area contributed by atoms with Crippen molar-refractivity contribution in [3.8, 4) is 5.75 Å². The average molecular weight is 271 g/mol. The number of halogens is 1. The zero-order valence-electron chi connectivity index (χ0n) is 10.3. The van der Waals surface area contributed by atoms with Crippen LogP contribution in [0, 0.1) is 15.9 Å². The highest BCUT2D eigenvalue weighted by molar-refractivity contribution is 5.62. The molecule has 1 aliphatic rings. The largest absolute Gasteiger partial charge is 0.474 e. The summed E-state index contributed by atoms with van der Waals surface area (Å²) in [6, 6.07) is 12.9. The Labute approximate surface area is 114 Å². The van der Waals surface area contributed by atoms with Gasteiger partial charge >= 0.3 is 0 Å². The lowest BCUT2D eigenvalue weighted by atomic mass is 10.0. The predicted molar refractivity (Wildman–Crippen MR) is 71.2 cm³/mol. The summed E-state index contributed by atoms with van der Waals surface area (Å²) in [4.78, 5) is 10.7. The van der Waals surface area contributed by atoms with Crippen LogP contribution in [0.2, 0.25) is 0 Å². The first-order chi connectivity index (χ1) is 9.65. The minimum absolute atomic E-state index is 0.102. The van der Waals surface area contributed by atoms with Gasteiger partial charge in [-0.25, -0.2) is 4.39 Å². The van der Waals surface area contributed by atoms with E-state index in [2.05, 4.69) is 0 Å². The number of benzene rings is 2. The molecule has 0 unspecified atom stereocenters. The van der Waals surface area contributed by atoms with E-state index in [1.54, 1.807) is 24.3 Å². The summed E-state index contributed by atoms with van der Waals surface area (Å²) >= 11 is 0. The van der Waals surface area contributed by atoms with Crippen LogP contribution in [0.5, 0.6) is 5.75 Å². The summed E-state index contributed by atoms with van der Waals surface area (Å²) in [5.41, 5.74) is 0.962. The fourth-order valence-electron chi connectivity index (χ4n) is 2.18. The van der Waals surface area contributed by atoms with E-state index in [1.165, 1.54) is 24.3 Å². The summed E-state index contributed by atoms with van der Waals surface area (Å²) < 4.78 is 18.9. The second-order valence-electron chi connectivity index (χ2n) is 4.42. The SMILES string of the molecule is O=[N+]([O-])C1=Cc2cc(F)ccc2O[C@H]1c1ccccc1. The molecule has 1 atom stereocenters. The maximum absolute atomic E-state index is 13.2. The third-order valence-corrected chi connectivity index (χ3v) is 3.10. The first-order valence-electron chi connectivity index (χ1n) is 6.02. The van der Waals surface area contributed by atoms with E-state index in [0.29, 0.717) is 16.9 Å². The van der Waals surface area contributed by atoms with Crippen LogP contribution >= 0.6 is 0 Å². The molecule has 2 aromatic rings. The molecule has 5 heteroatoms. The quantitative estimate of drug-likeness (QED) is 0.619. The van der Waals surface area contributed by atoms with Crippen molar-refractivity contribution in [2.45, 2.75) is 6.10 Å². The predicted octanol–water partition coefficient (Wildman–Crippen LogP) is 3.58. The number of rotatable bonds is 2. The van der Waals surface area contributed by atoms with Gasteiger partial charge in [0.2, 0.25) is 6.10 Å². The molecular weight excluding hydrogens is 261 g/mol. The standard InChI is InChI=1S/C15H10FNO3/c16-12-6-7-14-11(8-12)9-13(17(18)19)15(20-14)10-4-2-1-3-5-10/h1-9,15H/t15-/m0/s1. The van der Waals surface area contributed by atoms with E-state index >= 15 is 0 Å². The topological polar surface area (TPSA) is 52.4 Å². The summed E-state index contributed by atoms with van der Waals surface area (Å²) in [5, 5.41) is 11.2. The van der Waals surface area contributed by atoms with Crippen LogP contribution in [-0.4, -0.2) is 4.92 Å². The fraction of sp³-hybridized carbons (Fsp3) is 0.0667. The Morgan fingerprint density at radius 3 is 2.60 bits per heavy atom. The van der Waals surface area contributed by atoms with Crippen molar-refractivity contribution in [2.75, 3.05) is 0 Å². The lowest BCUT2D eigenvalue weighted by Gasteiger charge is -2.22. The second-order valence-corrected chi connectivity index (χ2v) is 4.42. The minimum Gasteiger partial charge on any atom is -0.474 e. The highest BCUT2D eigenvalue weighted by Gasteiger charge is 2.33. The Kier molecular flexibility index (Phi) is 2.95. The van der Waals surface area contributed by atoms with Gasteiger partial charge in [0.05, 0.1) is 4.92 Å².